The van der Waals surface area contributed by atoms with Crippen molar-refractivity contribution in [2.45, 2.75) is 50.7 Å². The number of aliphatic hydroxyl groups excluding tert-OH is 2. The second kappa shape index (κ2) is 10.8. The molecule has 1 aliphatic heterocycles. The van der Waals surface area contributed by atoms with Crippen LogP contribution in [0.3, 0.4) is 0 Å². The van der Waals surface area contributed by atoms with Crippen LogP contribution in [0.15, 0.2) is 30.6 Å². The van der Waals surface area contributed by atoms with Crippen molar-refractivity contribution in [3.63, 3.8) is 0 Å². The highest BCUT2D eigenvalue weighted by atomic mass is 16.6. The van der Waals surface area contributed by atoms with Gasteiger partial charge < -0.3 is 36.4 Å². The van der Waals surface area contributed by atoms with E-state index in [0.717, 1.165) is 11.1 Å². The van der Waals surface area contributed by atoms with E-state index >= 15 is 0 Å². The molecule has 0 aliphatic carbocycles. The molecule has 3 heterocycles. The van der Waals surface area contributed by atoms with E-state index in [1.165, 1.54) is 10.9 Å². The highest BCUT2D eigenvalue weighted by molar-refractivity contribution is 5.83. The van der Waals surface area contributed by atoms with Gasteiger partial charge in [-0.05, 0) is 30.9 Å². The first-order valence-corrected chi connectivity index (χ1v) is 11.6. The number of hydrogen-bond acceptors (Lipinski definition) is 10. The number of hydrogen-bond donors (Lipinski definition) is 6. The first-order chi connectivity index (χ1) is 17.3. The second-order valence-corrected chi connectivity index (χ2v) is 8.47. The third-order valence-electron chi connectivity index (χ3n) is 5.92. The van der Waals surface area contributed by atoms with E-state index in [1.807, 2.05) is 24.3 Å². The number of carbonyl (C=O) groups excluding carboxylic acids is 1. The summed E-state index contributed by atoms with van der Waals surface area (Å²) in [6, 6.07) is 7.71. The standard InChI is InChI=1S/C23H29N7O6/c1-2-25-21(35)18-16(33)17(34)22(36-18)30-11-27-15-19(24)28-23(29-20(15)30)26-10-9-13-5-3-12(4-6-13)7-8-14(31)32/h3-6,11,16-18,22,33-34H,2,7-10H2,1H3,(H,25,35)(H,31,32)(H3,24,26,28,29)/t16-,17-,18+,22-/m1/s1. The molecule has 7 N–H and O–H groups in total. The van der Waals surface area contributed by atoms with E-state index in [0.29, 0.717) is 31.4 Å². The Kier molecular flexibility index (Phi) is 7.62. The molecule has 2 aromatic heterocycles. The van der Waals surface area contributed by atoms with E-state index in [2.05, 4.69) is 25.6 Å². The third-order valence-corrected chi connectivity index (χ3v) is 5.92. The van der Waals surface area contributed by atoms with Gasteiger partial charge in [0.15, 0.2) is 23.8 Å². The van der Waals surface area contributed by atoms with Gasteiger partial charge in [-0.1, -0.05) is 24.3 Å². The van der Waals surface area contributed by atoms with Crippen LogP contribution in [0.4, 0.5) is 11.8 Å². The quantitative estimate of drug-likeness (QED) is 0.217. The number of ether oxygens (including phenoxy) is 1. The number of likely N-dealkylation sites (N-methyl/N-ethyl adjacent to an activating group) is 1. The monoisotopic (exact) mass is 499 g/mol. The molecule has 192 valence electrons. The molecule has 1 aliphatic rings. The van der Waals surface area contributed by atoms with Crippen molar-refractivity contribution in [1.29, 1.82) is 0 Å². The van der Waals surface area contributed by atoms with E-state index in [9.17, 15) is 19.8 Å². The molecule has 13 heteroatoms. The summed E-state index contributed by atoms with van der Waals surface area (Å²) in [6.45, 7) is 2.59. The average molecular weight is 500 g/mol. The van der Waals surface area contributed by atoms with E-state index in [4.69, 9.17) is 15.6 Å². The van der Waals surface area contributed by atoms with Crippen LogP contribution in [-0.2, 0) is 27.2 Å². The van der Waals surface area contributed by atoms with Crippen molar-refractivity contribution >= 4 is 34.8 Å². The number of aliphatic hydroxyl groups is 2. The molecule has 0 spiro atoms. The van der Waals surface area contributed by atoms with Gasteiger partial charge in [0.2, 0.25) is 5.95 Å². The summed E-state index contributed by atoms with van der Waals surface area (Å²) >= 11 is 0. The van der Waals surface area contributed by atoms with Gasteiger partial charge in [0, 0.05) is 19.5 Å². The number of carboxylic acids is 1. The van der Waals surface area contributed by atoms with E-state index in [1.54, 1.807) is 6.92 Å². The number of imidazole rings is 1. The largest absolute Gasteiger partial charge is 0.481 e. The summed E-state index contributed by atoms with van der Waals surface area (Å²) in [7, 11) is 0. The molecule has 0 unspecified atom stereocenters. The second-order valence-electron chi connectivity index (χ2n) is 8.47. The molecular weight excluding hydrogens is 470 g/mol. The van der Waals surface area contributed by atoms with Crippen molar-refractivity contribution in [3.05, 3.63) is 41.7 Å². The summed E-state index contributed by atoms with van der Waals surface area (Å²) < 4.78 is 7.09. The van der Waals surface area contributed by atoms with Gasteiger partial charge >= 0.3 is 5.97 Å². The lowest BCUT2D eigenvalue weighted by atomic mass is 10.1. The Hall–Kier alpha value is -3.81. The number of benzene rings is 1. The van der Waals surface area contributed by atoms with Gasteiger partial charge in [-0.25, -0.2) is 4.98 Å². The zero-order valence-electron chi connectivity index (χ0n) is 19.7. The smallest absolute Gasteiger partial charge is 0.303 e. The number of carboxylic acid groups (broad SMARTS) is 1. The van der Waals surface area contributed by atoms with Crippen molar-refractivity contribution in [2.24, 2.45) is 0 Å². The molecule has 13 nitrogen and oxygen atoms in total. The number of fused-ring (bicyclic) bond motifs is 1. The fourth-order valence-electron chi connectivity index (χ4n) is 4.03. The zero-order valence-corrected chi connectivity index (χ0v) is 19.7. The molecular formula is C23H29N7O6. The molecule has 4 rings (SSSR count). The minimum Gasteiger partial charge on any atom is -0.481 e. The van der Waals surface area contributed by atoms with Crippen molar-refractivity contribution in [1.82, 2.24) is 24.8 Å². The summed E-state index contributed by atoms with van der Waals surface area (Å²) in [4.78, 5) is 35.8. The minimum atomic E-state index is -1.42. The van der Waals surface area contributed by atoms with Crippen LogP contribution < -0.4 is 16.4 Å². The van der Waals surface area contributed by atoms with Crippen LogP contribution in [0.2, 0.25) is 0 Å². The SMILES string of the molecule is CCNC(=O)[C@H]1O[C@@H](n2cnc3c(N)nc(NCCc4ccc(CCC(=O)O)cc4)nc32)[C@H](O)[C@H]1O. The van der Waals surface area contributed by atoms with Crippen LogP contribution >= 0.6 is 0 Å². The van der Waals surface area contributed by atoms with Crippen LogP contribution in [0, 0.1) is 0 Å². The number of rotatable bonds is 10. The molecule has 4 atom stereocenters. The van der Waals surface area contributed by atoms with Gasteiger partial charge in [0.25, 0.3) is 5.91 Å². The van der Waals surface area contributed by atoms with Gasteiger partial charge in [0.1, 0.15) is 17.7 Å². The van der Waals surface area contributed by atoms with E-state index < -0.39 is 36.4 Å². The number of nitrogens with one attached hydrogen (secondary N) is 2. The number of nitrogens with two attached hydrogens (primary N) is 1. The molecule has 3 aromatic rings. The number of amides is 1. The first-order valence-electron chi connectivity index (χ1n) is 11.6. The Morgan fingerprint density at radius 1 is 1.11 bits per heavy atom. The Bertz CT molecular complexity index is 1230. The maximum absolute atomic E-state index is 12.2. The van der Waals surface area contributed by atoms with Gasteiger partial charge in [-0.15, -0.1) is 0 Å². The van der Waals surface area contributed by atoms with Crippen LogP contribution in [-0.4, -0.2) is 78.1 Å². The van der Waals surface area contributed by atoms with Gasteiger partial charge in [-0.3, -0.25) is 14.2 Å². The highest BCUT2D eigenvalue weighted by Crippen LogP contribution is 2.32. The van der Waals surface area contributed by atoms with Crippen molar-refractivity contribution in [2.75, 3.05) is 24.1 Å². The van der Waals surface area contributed by atoms with Crippen LogP contribution in [0.25, 0.3) is 11.2 Å². The lowest BCUT2D eigenvalue weighted by molar-refractivity contribution is -0.138. The average Bonchev–Trinajstić information content (AvgIpc) is 3.40. The summed E-state index contributed by atoms with van der Waals surface area (Å²) in [5, 5.41) is 35.4. The molecule has 1 aromatic carbocycles. The first kappa shape index (κ1) is 25.3. The summed E-state index contributed by atoms with van der Waals surface area (Å²) in [6.07, 6.45) is -2.56. The predicted molar refractivity (Wildman–Crippen MR) is 129 cm³/mol. The molecule has 1 amide bonds. The molecule has 0 saturated carbocycles. The lowest BCUT2D eigenvalue weighted by Gasteiger charge is -2.16. The van der Waals surface area contributed by atoms with Crippen molar-refractivity contribution < 1.29 is 29.6 Å². The van der Waals surface area contributed by atoms with E-state index in [-0.39, 0.29) is 23.8 Å². The number of aliphatic carboxylic acids is 1. The fourth-order valence-corrected chi connectivity index (χ4v) is 4.03. The summed E-state index contributed by atoms with van der Waals surface area (Å²) in [5.74, 6) is -0.985. The number of nitrogens with zero attached hydrogens (tertiary/aromatic N) is 4. The van der Waals surface area contributed by atoms with Gasteiger partial charge in [-0.2, -0.15) is 9.97 Å². The number of aromatic nitrogens is 4. The lowest BCUT2D eigenvalue weighted by Crippen LogP contribution is -2.42. The van der Waals surface area contributed by atoms with Crippen LogP contribution in [0.5, 0.6) is 0 Å². The molecule has 0 bridgehead atoms. The Labute approximate surface area is 206 Å². The number of aryl methyl sites for hydroxylation is 1. The predicted octanol–water partition coefficient (Wildman–Crippen LogP) is -0.164. The maximum Gasteiger partial charge on any atom is 0.303 e. The Morgan fingerprint density at radius 2 is 1.81 bits per heavy atom. The maximum atomic E-state index is 12.2. The molecule has 36 heavy (non-hydrogen) atoms. The zero-order chi connectivity index (χ0) is 25.8. The Balaban J connectivity index is 1.45. The Morgan fingerprint density at radius 3 is 2.47 bits per heavy atom. The summed E-state index contributed by atoms with van der Waals surface area (Å²) in [5.41, 5.74) is 8.65. The normalized spacial score (nSPS) is 21.5. The van der Waals surface area contributed by atoms with Gasteiger partial charge in [0.05, 0.1) is 6.33 Å². The molecule has 1 fully saturated rings. The molecule has 1 saturated heterocycles. The van der Waals surface area contributed by atoms with Crippen molar-refractivity contribution in [3.8, 4) is 0 Å². The third kappa shape index (κ3) is 5.37. The number of anilines is 2. The number of nitrogen functional groups attached to an aromatic ring is 1. The minimum absolute atomic E-state index is 0.0905. The molecule has 0 radical (unpaired) electrons. The topological polar surface area (TPSA) is 198 Å². The number of carbonyl (C=O) groups is 2. The highest BCUT2D eigenvalue weighted by Gasteiger charge is 2.47. The van der Waals surface area contributed by atoms with Crippen LogP contribution in [0.1, 0.15) is 30.7 Å². The fraction of sp³-hybridized carbons (Fsp3) is 0.435.